The number of carbonyl (C=O) groups is 3. The van der Waals surface area contributed by atoms with Crippen molar-refractivity contribution in [1.29, 1.82) is 0 Å². The first-order valence-electron chi connectivity index (χ1n) is 10.4. The molecule has 1 N–H and O–H groups in total. The third-order valence-corrected chi connectivity index (χ3v) is 6.49. The highest BCUT2D eigenvalue weighted by Crippen LogP contribution is 2.17. The minimum absolute atomic E-state index is 0.142. The minimum atomic E-state index is -3.48. The Labute approximate surface area is 191 Å². The Kier molecular flexibility index (Phi) is 6.45. The van der Waals surface area contributed by atoms with Gasteiger partial charge in [-0.2, -0.15) is 0 Å². The monoisotopic (exact) mass is 473 g/mol. The third-order valence-electron chi connectivity index (χ3n) is 5.33. The Hall–Kier alpha value is -3.67. The van der Waals surface area contributed by atoms with E-state index in [2.05, 4.69) is 9.71 Å². The SMILES string of the molecule is O=C(OCC(=O)N1CCN(C(=O)Nc2ccccc2)CC1)C1=CN2CCS(=O)(=O)N=C2C=C1. The van der Waals surface area contributed by atoms with Crippen LogP contribution < -0.4 is 5.32 Å². The van der Waals surface area contributed by atoms with Gasteiger partial charge in [0.15, 0.2) is 6.61 Å². The lowest BCUT2D eigenvalue weighted by atomic mass is 10.2. The normalized spacial score (nSPS) is 19.2. The lowest BCUT2D eigenvalue weighted by Gasteiger charge is -2.34. The van der Waals surface area contributed by atoms with Crippen LogP contribution in [0.5, 0.6) is 0 Å². The predicted octanol–water partition coefficient (Wildman–Crippen LogP) is 0.404. The van der Waals surface area contributed by atoms with Gasteiger partial charge in [-0.3, -0.25) is 4.79 Å². The summed E-state index contributed by atoms with van der Waals surface area (Å²) < 4.78 is 31.9. The van der Waals surface area contributed by atoms with Gasteiger partial charge in [-0.1, -0.05) is 18.2 Å². The molecule has 11 nitrogen and oxygen atoms in total. The first-order valence-corrected chi connectivity index (χ1v) is 12.0. The Morgan fingerprint density at radius 1 is 0.970 bits per heavy atom. The Morgan fingerprint density at radius 2 is 1.67 bits per heavy atom. The smallest absolute Gasteiger partial charge is 0.340 e. The average molecular weight is 474 g/mol. The summed E-state index contributed by atoms with van der Waals surface area (Å²) in [5.41, 5.74) is 0.895. The standard InChI is InChI=1S/C21H23N5O6S/c27-19(24-8-10-25(11-9-24)21(29)22-17-4-2-1-3-5-17)15-32-20(28)16-6-7-18-23-33(30,31)13-12-26(18)14-16/h1-7,14H,8-13,15H2,(H,22,29). The van der Waals surface area contributed by atoms with Gasteiger partial charge in [0.2, 0.25) is 0 Å². The second kappa shape index (κ2) is 9.45. The molecule has 0 atom stereocenters. The zero-order valence-electron chi connectivity index (χ0n) is 17.7. The molecule has 0 unspecified atom stereocenters. The summed E-state index contributed by atoms with van der Waals surface area (Å²) in [6.45, 7) is 1.17. The highest BCUT2D eigenvalue weighted by molar-refractivity contribution is 7.90. The Bertz CT molecular complexity index is 1140. The molecule has 0 aliphatic carbocycles. The number of urea groups is 1. The van der Waals surface area contributed by atoms with Crippen LogP contribution in [0.4, 0.5) is 10.5 Å². The van der Waals surface area contributed by atoms with Gasteiger partial charge in [-0.25, -0.2) is 18.0 Å². The maximum absolute atomic E-state index is 12.4. The number of para-hydroxylation sites is 1. The molecule has 3 aliphatic rings. The molecule has 0 radical (unpaired) electrons. The third kappa shape index (κ3) is 5.58. The van der Waals surface area contributed by atoms with Gasteiger partial charge >= 0.3 is 12.0 Å². The number of benzene rings is 1. The number of nitrogens with zero attached hydrogens (tertiary/aromatic N) is 4. The van der Waals surface area contributed by atoms with Crippen LogP contribution in [0, 0.1) is 0 Å². The molecular formula is C21H23N5O6S. The summed E-state index contributed by atoms with van der Waals surface area (Å²) in [4.78, 5) is 41.9. The van der Waals surface area contributed by atoms with Crippen molar-refractivity contribution < 1.29 is 27.5 Å². The molecule has 33 heavy (non-hydrogen) atoms. The number of esters is 1. The quantitative estimate of drug-likeness (QED) is 0.627. The molecule has 0 bridgehead atoms. The van der Waals surface area contributed by atoms with E-state index in [1.165, 1.54) is 18.4 Å². The molecule has 0 spiro atoms. The topological polar surface area (TPSA) is 129 Å². The average Bonchev–Trinajstić information content (AvgIpc) is 2.82. The molecule has 1 saturated heterocycles. The van der Waals surface area contributed by atoms with Gasteiger partial charge in [0.25, 0.3) is 15.9 Å². The van der Waals surface area contributed by atoms with Crippen molar-refractivity contribution in [1.82, 2.24) is 14.7 Å². The van der Waals surface area contributed by atoms with E-state index in [9.17, 15) is 22.8 Å². The second-order valence-electron chi connectivity index (χ2n) is 7.59. The van der Waals surface area contributed by atoms with Gasteiger partial charge in [-0.05, 0) is 24.3 Å². The van der Waals surface area contributed by atoms with Gasteiger partial charge in [0, 0.05) is 44.6 Å². The van der Waals surface area contributed by atoms with Crippen molar-refractivity contribution in [2.45, 2.75) is 0 Å². The number of nitrogens with one attached hydrogen (secondary N) is 1. The molecule has 3 aliphatic heterocycles. The van der Waals surface area contributed by atoms with Crippen molar-refractivity contribution in [3.63, 3.8) is 0 Å². The minimum Gasteiger partial charge on any atom is -0.452 e. The van der Waals surface area contributed by atoms with Gasteiger partial charge in [0.1, 0.15) is 5.84 Å². The number of hydrogen-bond acceptors (Lipinski definition) is 7. The fourth-order valence-electron chi connectivity index (χ4n) is 3.51. The Morgan fingerprint density at radius 3 is 2.39 bits per heavy atom. The zero-order valence-corrected chi connectivity index (χ0v) is 18.5. The number of rotatable bonds is 4. The maximum Gasteiger partial charge on any atom is 0.340 e. The van der Waals surface area contributed by atoms with Gasteiger partial charge in [0.05, 0.1) is 11.3 Å². The van der Waals surface area contributed by atoms with Crippen molar-refractivity contribution in [3.8, 4) is 0 Å². The summed E-state index contributed by atoms with van der Waals surface area (Å²) in [5.74, 6) is -0.939. The number of fused-ring (bicyclic) bond motifs is 1. The highest BCUT2D eigenvalue weighted by atomic mass is 32.2. The fourth-order valence-corrected chi connectivity index (χ4v) is 4.48. The molecule has 12 heteroatoms. The van der Waals surface area contributed by atoms with Crippen LogP contribution in [-0.2, 0) is 24.3 Å². The van der Waals surface area contributed by atoms with Crippen LogP contribution in [-0.4, -0.2) is 91.9 Å². The van der Waals surface area contributed by atoms with E-state index in [1.807, 2.05) is 18.2 Å². The van der Waals surface area contributed by atoms with Crippen molar-refractivity contribution in [3.05, 3.63) is 54.3 Å². The van der Waals surface area contributed by atoms with Crippen LogP contribution in [0.25, 0.3) is 0 Å². The van der Waals surface area contributed by atoms with E-state index in [0.29, 0.717) is 31.9 Å². The van der Waals surface area contributed by atoms with E-state index in [4.69, 9.17) is 4.74 Å². The van der Waals surface area contributed by atoms with Crippen molar-refractivity contribution >= 4 is 39.5 Å². The molecule has 0 saturated carbocycles. The van der Waals surface area contributed by atoms with Crippen LogP contribution in [0.3, 0.4) is 0 Å². The molecule has 1 aromatic rings. The summed E-state index contributed by atoms with van der Waals surface area (Å²) in [5, 5.41) is 2.81. The lowest BCUT2D eigenvalue weighted by Crippen LogP contribution is -2.52. The maximum atomic E-state index is 12.4. The van der Waals surface area contributed by atoms with Crippen LogP contribution >= 0.6 is 0 Å². The van der Waals surface area contributed by atoms with Gasteiger partial charge < -0.3 is 24.8 Å². The molecule has 0 aromatic heterocycles. The first kappa shape index (κ1) is 22.5. The summed E-state index contributed by atoms with van der Waals surface area (Å²) in [7, 11) is -3.48. The number of amidine groups is 1. The number of carbonyl (C=O) groups excluding carboxylic acids is 3. The first-order chi connectivity index (χ1) is 15.8. The summed E-state index contributed by atoms with van der Waals surface area (Å²) in [6, 6.07) is 8.88. The van der Waals surface area contributed by atoms with E-state index in [1.54, 1.807) is 26.8 Å². The van der Waals surface area contributed by atoms with Crippen LogP contribution in [0.2, 0.25) is 0 Å². The highest BCUT2D eigenvalue weighted by Gasteiger charge is 2.27. The Balaban J connectivity index is 1.23. The van der Waals surface area contributed by atoms with Crippen molar-refractivity contribution in [2.75, 3.05) is 50.4 Å². The molecule has 1 fully saturated rings. The number of hydrogen-bond donors (Lipinski definition) is 1. The number of ether oxygens (including phenoxy) is 1. The second-order valence-corrected chi connectivity index (χ2v) is 9.34. The number of amides is 3. The van der Waals surface area contributed by atoms with E-state index in [0.717, 1.165) is 0 Å². The molecule has 4 rings (SSSR count). The molecule has 1 aromatic carbocycles. The van der Waals surface area contributed by atoms with Gasteiger partial charge in [-0.15, -0.1) is 4.40 Å². The van der Waals surface area contributed by atoms with E-state index < -0.39 is 22.6 Å². The van der Waals surface area contributed by atoms with Crippen LogP contribution in [0.1, 0.15) is 0 Å². The molecule has 174 valence electrons. The largest absolute Gasteiger partial charge is 0.452 e. The van der Waals surface area contributed by atoms with E-state index >= 15 is 0 Å². The lowest BCUT2D eigenvalue weighted by molar-refractivity contribution is -0.149. The molecule has 3 amide bonds. The fraction of sp³-hybridized carbons (Fsp3) is 0.333. The predicted molar refractivity (Wildman–Crippen MR) is 120 cm³/mol. The zero-order chi connectivity index (χ0) is 23.4. The summed E-state index contributed by atoms with van der Waals surface area (Å²) >= 11 is 0. The van der Waals surface area contributed by atoms with Crippen molar-refractivity contribution in [2.24, 2.45) is 4.40 Å². The number of piperazine rings is 1. The van der Waals surface area contributed by atoms with Crippen LogP contribution in [0.15, 0.2) is 58.7 Å². The molecule has 3 heterocycles. The summed E-state index contributed by atoms with van der Waals surface area (Å²) in [6.07, 6.45) is 4.30. The molecular weight excluding hydrogens is 450 g/mol. The number of sulfonamides is 1. The number of anilines is 1. The van der Waals surface area contributed by atoms with E-state index in [-0.39, 0.29) is 35.6 Å².